The molecule has 3 aliphatic rings. The van der Waals surface area contributed by atoms with Gasteiger partial charge in [-0.3, -0.25) is 0 Å². The van der Waals surface area contributed by atoms with Crippen molar-refractivity contribution >= 4 is 17.9 Å². The molecule has 1 spiro atoms. The maximum Gasteiger partial charge on any atom is 0.410 e. The fourth-order valence-electron chi connectivity index (χ4n) is 3.93. The van der Waals surface area contributed by atoms with E-state index in [-0.39, 0.29) is 11.9 Å². The minimum absolute atomic E-state index is 0.283. The first-order valence-corrected chi connectivity index (χ1v) is 8.53. The van der Waals surface area contributed by atoms with Crippen LogP contribution < -0.4 is 9.80 Å². The molecule has 1 aromatic heterocycles. The van der Waals surface area contributed by atoms with Crippen LogP contribution in [-0.2, 0) is 4.74 Å². The number of rotatable bonds is 2. The minimum atomic E-state index is -0.504. The van der Waals surface area contributed by atoms with Gasteiger partial charge in [-0.2, -0.15) is 4.98 Å². The molecule has 1 amide bonds. The summed E-state index contributed by atoms with van der Waals surface area (Å²) in [6.45, 7) is 3.57. The van der Waals surface area contributed by atoms with Gasteiger partial charge in [0.15, 0.2) is 11.6 Å². The van der Waals surface area contributed by atoms with Gasteiger partial charge in [-0.1, -0.05) is 0 Å². The fourth-order valence-corrected chi connectivity index (χ4v) is 3.93. The number of hydrogen-bond acceptors (Lipinski definition) is 6. The summed E-state index contributed by atoms with van der Waals surface area (Å²) < 4.78 is 19.7. The molecular formula is C16H22FN5O2. The van der Waals surface area contributed by atoms with E-state index in [0.29, 0.717) is 24.9 Å². The summed E-state index contributed by atoms with van der Waals surface area (Å²) in [6, 6.07) is 0. The van der Waals surface area contributed by atoms with Crippen LogP contribution in [0.3, 0.4) is 0 Å². The summed E-state index contributed by atoms with van der Waals surface area (Å²) in [5, 5.41) is 0. The molecule has 8 heteroatoms. The van der Waals surface area contributed by atoms with Crippen molar-refractivity contribution in [3.63, 3.8) is 0 Å². The van der Waals surface area contributed by atoms with Crippen molar-refractivity contribution in [1.29, 1.82) is 0 Å². The first-order valence-electron chi connectivity index (χ1n) is 8.53. The van der Waals surface area contributed by atoms with Gasteiger partial charge < -0.3 is 19.4 Å². The zero-order valence-electron chi connectivity index (χ0n) is 13.9. The quantitative estimate of drug-likeness (QED) is 0.819. The molecule has 0 aromatic carbocycles. The van der Waals surface area contributed by atoms with Crippen LogP contribution in [0.2, 0.25) is 0 Å². The maximum absolute atomic E-state index is 14.1. The van der Waals surface area contributed by atoms with Crippen LogP contribution in [0.1, 0.15) is 25.7 Å². The number of nitrogens with zero attached hydrogens (tertiary/aromatic N) is 5. The molecule has 0 bridgehead atoms. The number of piperidine rings is 1. The lowest BCUT2D eigenvalue weighted by molar-refractivity contribution is 0.0443. The second-order valence-electron chi connectivity index (χ2n) is 6.97. The zero-order valence-corrected chi connectivity index (χ0v) is 13.9. The Bertz CT molecular complexity index is 651. The van der Waals surface area contributed by atoms with E-state index in [1.807, 2.05) is 9.80 Å². The van der Waals surface area contributed by atoms with E-state index in [2.05, 4.69) is 9.97 Å². The molecule has 0 radical (unpaired) electrons. The number of carbonyl (C=O) groups is 1. The van der Waals surface area contributed by atoms with E-state index < -0.39 is 5.60 Å². The largest absolute Gasteiger partial charge is 0.439 e. The number of hydrogen-bond donors (Lipinski definition) is 0. The normalized spacial score (nSPS) is 27.2. The Balaban J connectivity index is 1.57. The monoisotopic (exact) mass is 335 g/mol. The summed E-state index contributed by atoms with van der Waals surface area (Å²) in [7, 11) is 1.75. The Kier molecular flexibility index (Phi) is 3.69. The third-order valence-corrected chi connectivity index (χ3v) is 5.08. The lowest BCUT2D eigenvalue weighted by Gasteiger charge is -2.38. The standard InChI is InChI=1S/C16H22FN5O2/c1-20-10-16(24-15(20)23)5-4-8-22(11-16)14-18-9-12(17)13(19-14)21-6-2-3-7-21/h9H,2-8,10-11H2,1H3. The van der Waals surface area contributed by atoms with Gasteiger partial charge in [-0.05, 0) is 25.7 Å². The Hall–Kier alpha value is -2.12. The van der Waals surface area contributed by atoms with E-state index in [1.165, 1.54) is 6.20 Å². The second kappa shape index (κ2) is 5.75. The zero-order chi connectivity index (χ0) is 16.7. The lowest BCUT2D eigenvalue weighted by atomic mass is 9.93. The van der Waals surface area contributed by atoms with Crippen molar-refractivity contribution in [3.05, 3.63) is 12.0 Å². The van der Waals surface area contributed by atoms with Crippen molar-refractivity contribution in [2.45, 2.75) is 31.3 Å². The first kappa shape index (κ1) is 15.4. The number of anilines is 2. The number of likely N-dealkylation sites (N-methyl/N-ethyl adjacent to an activating group) is 1. The highest BCUT2D eigenvalue weighted by Crippen LogP contribution is 2.33. The molecule has 0 saturated carbocycles. The van der Waals surface area contributed by atoms with Crippen LogP contribution in [-0.4, -0.2) is 66.3 Å². The Labute approximate surface area is 140 Å². The van der Waals surface area contributed by atoms with Gasteiger partial charge in [0.05, 0.1) is 19.3 Å². The average Bonchev–Trinajstić information content (AvgIpc) is 3.17. The van der Waals surface area contributed by atoms with Gasteiger partial charge >= 0.3 is 6.09 Å². The highest BCUT2D eigenvalue weighted by molar-refractivity contribution is 5.70. The number of aromatic nitrogens is 2. The maximum atomic E-state index is 14.1. The average molecular weight is 335 g/mol. The minimum Gasteiger partial charge on any atom is -0.439 e. The molecule has 3 fully saturated rings. The van der Waals surface area contributed by atoms with E-state index in [9.17, 15) is 9.18 Å². The summed E-state index contributed by atoms with van der Waals surface area (Å²) in [5.41, 5.74) is -0.504. The van der Waals surface area contributed by atoms with E-state index in [1.54, 1.807) is 11.9 Å². The highest BCUT2D eigenvalue weighted by atomic mass is 19.1. The second-order valence-corrected chi connectivity index (χ2v) is 6.97. The molecule has 4 heterocycles. The molecule has 4 rings (SSSR count). The molecule has 24 heavy (non-hydrogen) atoms. The van der Waals surface area contributed by atoms with Crippen molar-refractivity contribution in [3.8, 4) is 0 Å². The van der Waals surface area contributed by atoms with E-state index in [0.717, 1.165) is 45.3 Å². The van der Waals surface area contributed by atoms with Crippen LogP contribution >= 0.6 is 0 Å². The van der Waals surface area contributed by atoms with Gasteiger partial charge in [-0.25, -0.2) is 14.2 Å². The van der Waals surface area contributed by atoms with Gasteiger partial charge in [0.25, 0.3) is 0 Å². The molecule has 1 unspecified atom stereocenters. The predicted octanol–water partition coefficient (Wildman–Crippen LogP) is 1.64. The third kappa shape index (κ3) is 2.63. The number of amides is 1. The van der Waals surface area contributed by atoms with Gasteiger partial charge in [-0.15, -0.1) is 0 Å². The van der Waals surface area contributed by atoms with E-state index in [4.69, 9.17) is 4.74 Å². The molecule has 1 atom stereocenters. The third-order valence-electron chi connectivity index (χ3n) is 5.08. The topological polar surface area (TPSA) is 61.8 Å². The molecule has 130 valence electrons. The summed E-state index contributed by atoms with van der Waals surface area (Å²) in [5.74, 6) is 0.528. The summed E-state index contributed by atoms with van der Waals surface area (Å²) in [4.78, 5) is 26.0. The molecule has 3 aliphatic heterocycles. The smallest absolute Gasteiger partial charge is 0.410 e. The van der Waals surface area contributed by atoms with Crippen LogP contribution in [0, 0.1) is 5.82 Å². The first-order chi connectivity index (χ1) is 11.6. The molecule has 7 nitrogen and oxygen atoms in total. The van der Waals surface area contributed by atoms with E-state index >= 15 is 0 Å². The molecule has 1 aromatic rings. The van der Waals surface area contributed by atoms with Crippen LogP contribution in [0.4, 0.5) is 21.0 Å². The lowest BCUT2D eigenvalue weighted by Crippen LogP contribution is -2.51. The van der Waals surface area contributed by atoms with Gasteiger partial charge in [0.1, 0.15) is 5.60 Å². The SMILES string of the molecule is CN1CC2(CCCN(c3ncc(F)c(N4CCCC4)n3)C2)OC1=O. The van der Waals surface area contributed by atoms with Gasteiger partial charge in [0, 0.05) is 26.7 Å². The Morgan fingerprint density at radius 3 is 2.62 bits per heavy atom. The van der Waals surface area contributed by atoms with Crippen LogP contribution in [0.25, 0.3) is 0 Å². The predicted molar refractivity (Wildman–Crippen MR) is 86.7 cm³/mol. The van der Waals surface area contributed by atoms with Crippen molar-refractivity contribution < 1.29 is 13.9 Å². The molecule has 0 N–H and O–H groups in total. The van der Waals surface area contributed by atoms with Gasteiger partial charge in [0.2, 0.25) is 5.95 Å². The summed E-state index contributed by atoms with van der Waals surface area (Å²) in [6.07, 6.45) is 4.82. The molecule has 0 aliphatic carbocycles. The molecular weight excluding hydrogens is 313 g/mol. The Morgan fingerprint density at radius 1 is 1.17 bits per heavy atom. The fraction of sp³-hybridized carbons (Fsp3) is 0.688. The van der Waals surface area contributed by atoms with Crippen molar-refractivity contribution in [1.82, 2.24) is 14.9 Å². The van der Waals surface area contributed by atoms with Crippen LogP contribution in [0.5, 0.6) is 0 Å². The van der Waals surface area contributed by atoms with Crippen molar-refractivity contribution in [2.75, 3.05) is 49.6 Å². The highest BCUT2D eigenvalue weighted by Gasteiger charge is 2.47. The Morgan fingerprint density at radius 2 is 1.92 bits per heavy atom. The number of halogens is 1. The molecule has 3 saturated heterocycles. The number of carbonyl (C=O) groups excluding carboxylic acids is 1. The number of ether oxygens (including phenoxy) is 1. The summed E-state index contributed by atoms with van der Waals surface area (Å²) >= 11 is 0. The van der Waals surface area contributed by atoms with Crippen LogP contribution in [0.15, 0.2) is 6.20 Å². The van der Waals surface area contributed by atoms with Crippen molar-refractivity contribution in [2.24, 2.45) is 0 Å².